The van der Waals surface area contributed by atoms with E-state index in [1.165, 1.54) is 57.8 Å². The number of rotatable bonds is 4. The second kappa shape index (κ2) is 7.58. The quantitative estimate of drug-likeness (QED) is 0.596. The zero-order valence-electron chi connectivity index (χ0n) is 21.0. The van der Waals surface area contributed by atoms with Crippen LogP contribution in [0.1, 0.15) is 97.0 Å². The minimum Gasteiger partial charge on any atom is -0.390 e. The molecule has 0 bridgehead atoms. The molecular weight excluding hydrogens is 406 g/mol. The van der Waals surface area contributed by atoms with Crippen molar-refractivity contribution in [3.05, 3.63) is 18.0 Å². The normalized spacial score (nSPS) is 47.8. The van der Waals surface area contributed by atoms with Crippen LogP contribution in [0.3, 0.4) is 0 Å². The van der Waals surface area contributed by atoms with E-state index < -0.39 is 0 Å². The Morgan fingerprint density at radius 3 is 2.52 bits per heavy atom. The van der Waals surface area contributed by atoms with Crippen LogP contribution in [0.25, 0.3) is 0 Å². The highest BCUT2D eigenvalue weighted by molar-refractivity contribution is 5.21. The molecule has 0 spiro atoms. The van der Waals surface area contributed by atoms with Gasteiger partial charge in [0.1, 0.15) is 6.07 Å². The Morgan fingerprint density at radius 1 is 1.03 bits per heavy atom. The fraction of sp³-hybridized carbons (Fsp3) is 0.862. The molecule has 5 fully saturated rings. The maximum Gasteiger partial charge on any atom is 0.102 e. The first-order valence-corrected chi connectivity index (χ1v) is 13.9. The lowest BCUT2D eigenvalue weighted by molar-refractivity contribution is -0.157. The van der Waals surface area contributed by atoms with Crippen molar-refractivity contribution in [2.45, 2.75) is 104 Å². The van der Waals surface area contributed by atoms with E-state index in [0.29, 0.717) is 28.2 Å². The molecule has 4 nitrogen and oxygen atoms in total. The number of hydrogen-bond acceptors (Lipinski definition) is 3. The number of hydrogen-bond donors (Lipinski definition) is 1. The molecule has 1 N–H and O–H groups in total. The monoisotopic (exact) mass is 449 g/mol. The van der Waals surface area contributed by atoms with Crippen LogP contribution >= 0.6 is 0 Å². The lowest BCUT2D eigenvalue weighted by Crippen LogP contribution is -2.56. The first-order chi connectivity index (χ1) is 15.8. The van der Waals surface area contributed by atoms with Gasteiger partial charge < -0.3 is 5.11 Å². The molecule has 4 heteroatoms. The molecule has 5 aliphatic carbocycles. The third-order valence-corrected chi connectivity index (χ3v) is 12.1. The summed E-state index contributed by atoms with van der Waals surface area (Å²) in [4.78, 5) is 0. The zero-order chi connectivity index (χ0) is 23.0. The van der Waals surface area contributed by atoms with Crippen molar-refractivity contribution in [3.63, 3.8) is 0 Å². The van der Waals surface area contributed by atoms with Crippen molar-refractivity contribution >= 4 is 0 Å². The van der Waals surface area contributed by atoms with Crippen LogP contribution in [-0.4, -0.2) is 20.5 Å². The second-order valence-electron chi connectivity index (χ2n) is 13.5. The summed E-state index contributed by atoms with van der Waals surface area (Å²) < 4.78 is 2.00. The fourth-order valence-corrected chi connectivity index (χ4v) is 10.2. The highest BCUT2D eigenvalue weighted by Crippen LogP contribution is 2.69. The Labute approximate surface area is 200 Å². The molecule has 9 atom stereocenters. The third kappa shape index (κ3) is 3.35. The summed E-state index contributed by atoms with van der Waals surface area (Å²) in [6.45, 7) is 8.62. The van der Waals surface area contributed by atoms with Crippen molar-refractivity contribution in [1.82, 2.24) is 9.78 Å². The molecule has 1 aromatic rings. The fourth-order valence-electron chi connectivity index (χ4n) is 10.2. The summed E-state index contributed by atoms with van der Waals surface area (Å²) in [6.07, 6.45) is 17.9. The van der Waals surface area contributed by atoms with Gasteiger partial charge in [-0.25, -0.2) is 0 Å². The topological polar surface area (TPSA) is 61.8 Å². The molecule has 5 saturated carbocycles. The Hall–Kier alpha value is -1.34. The predicted molar refractivity (Wildman–Crippen MR) is 129 cm³/mol. The summed E-state index contributed by atoms with van der Waals surface area (Å²) in [5.41, 5.74) is 1.26. The molecule has 1 heterocycles. The molecule has 0 aromatic carbocycles. The van der Waals surface area contributed by atoms with E-state index in [1.54, 1.807) is 6.20 Å². The van der Waals surface area contributed by atoms with Crippen molar-refractivity contribution in [3.8, 4) is 6.07 Å². The van der Waals surface area contributed by atoms with Crippen molar-refractivity contribution < 1.29 is 5.11 Å². The third-order valence-electron chi connectivity index (χ3n) is 12.1. The number of aliphatic hydroxyl groups is 1. The molecule has 0 radical (unpaired) electrons. The molecule has 33 heavy (non-hydrogen) atoms. The van der Waals surface area contributed by atoms with Crippen molar-refractivity contribution in [1.29, 1.82) is 5.26 Å². The minimum atomic E-state index is -0.327. The van der Waals surface area contributed by atoms with E-state index in [2.05, 4.69) is 31.9 Å². The van der Waals surface area contributed by atoms with Gasteiger partial charge in [-0.1, -0.05) is 20.8 Å². The summed E-state index contributed by atoms with van der Waals surface area (Å²) in [5.74, 6) is 5.35. The summed E-state index contributed by atoms with van der Waals surface area (Å²) >= 11 is 0. The van der Waals surface area contributed by atoms with E-state index >= 15 is 0 Å². The van der Waals surface area contributed by atoms with Crippen LogP contribution in [0.5, 0.6) is 0 Å². The Kier molecular flexibility index (Phi) is 5.09. The number of nitrogens with zero attached hydrogens (tertiary/aromatic N) is 3. The highest BCUT2D eigenvalue weighted by atomic mass is 16.3. The van der Waals surface area contributed by atoms with Gasteiger partial charge in [0.25, 0.3) is 0 Å². The van der Waals surface area contributed by atoms with E-state index in [1.807, 2.05) is 10.9 Å². The predicted octanol–water partition coefficient (Wildman–Crippen LogP) is 6.19. The van der Waals surface area contributed by atoms with Gasteiger partial charge in [-0.15, -0.1) is 0 Å². The van der Waals surface area contributed by atoms with E-state index in [-0.39, 0.29) is 5.60 Å². The number of fused-ring (bicyclic) bond motifs is 5. The zero-order valence-corrected chi connectivity index (χ0v) is 21.0. The van der Waals surface area contributed by atoms with E-state index in [0.717, 1.165) is 49.0 Å². The summed E-state index contributed by atoms with van der Waals surface area (Å²) in [6, 6.07) is 2.22. The first-order valence-electron chi connectivity index (χ1n) is 13.9. The lowest BCUT2D eigenvalue weighted by Gasteiger charge is -2.62. The number of nitriles is 1. The van der Waals surface area contributed by atoms with Gasteiger partial charge in [0, 0.05) is 12.7 Å². The van der Waals surface area contributed by atoms with Gasteiger partial charge in [0.15, 0.2) is 0 Å². The van der Waals surface area contributed by atoms with Gasteiger partial charge in [-0.2, -0.15) is 10.4 Å². The van der Waals surface area contributed by atoms with Gasteiger partial charge in [0.05, 0.1) is 17.4 Å². The molecular formula is C29H43N3O. The van der Waals surface area contributed by atoms with E-state index in [9.17, 15) is 5.11 Å². The maximum atomic E-state index is 11.4. The van der Waals surface area contributed by atoms with Gasteiger partial charge in [0.2, 0.25) is 0 Å². The average molecular weight is 450 g/mol. The minimum absolute atomic E-state index is 0.327. The summed E-state index contributed by atoms with van der Waals surface area (Å²) in [7, 11) is 0. The van der Waals surface area contributed by atoms with Crippen LogP contribution in [0, 0.1) is 63.6 Å². The lowest BCUT2D eigenvalue weighted by atomic mass is 9.43. The summed E-state index contributed by atoms with van der Waals surface area (Å²) in [5, 5.41) is 25.0. The Balaban J connectivity index is 1.18. The SMILES string of the molecule is C[C@@H](Cn1cc(C#N)cn1)[C@H]1CC[C@H]2[C@@H]3CC[C@@H]4C[C@@](O)(C5CC5)CC[C@]4(C)[C@H]3CC[C@]12C. The molecule has 1 aromatic heterocycles. The molecule has 5 aliphatic rings. The van der Waals surface area contributed by atoms with Gasteiger partial charge in [-0.3, -0.25) is 4.68 Å². The van der Waals surface area contributed by atoms with Crippen molar-refractivity contribution in [2.24, 2.45) is 52.3 Å². The van der Waals surface area contributed by atoms with Crippen molar-refractivity contribution in [2.75, 3.05) is 0 Å². The number of aromatic nitrogens is 2. The van der Waals surface area contributed by atoms with E-state index in [4.69, 9.17) is 5.26 Å². The average Bonchev–Trinajstić information content (AvgIpc) is 3.47. The molecule has 0 unspecified atom stereocenters. The first kappa shape index (κ1) is 22.1. The van der Waals surface area contributed by atoms with Gasteiger partial charge >= 0.3 is 0 Å². The maximum absolute atomic E-state index is 11.4. The highest BCUT2D eigenvalue weighted by Gasteiger charge is 2.62. The van der Waals surface area contributed by atoms with Crippen LogP contribution in [0.4, 0.5) is 0 Å². The van der Waals surface area contributed by atoms with Crippen LogP contribution in [0.2, 0.25) is 0 Å². The molecule has 180 valence electrons. The Bertz CT molecular complexity index is 945. The second-order valence-corrected chi connectivity index (χ2v) is 13.5. The smallest absolute Gasteiger partial charge is 0.102 e. The molecule has 6 rings (SSSR count). The molecule has 0 amide bonds. The molecule has 0 aliphatic heterocycles. The largest absolute Gasteiger partial charge is 0.390 e. The molecule has 0 saturated heterocycles. The van der Waals surface area contributed by atoms with Gasteiger partial charge in [-0.05, 0) is 123 Å². The van der Waals surface area contributed by atoms with Crippen LogP contribution in [0.15, 0.2) is 12.4 Å². The Morgan fingerprint density at radius 2 is 1.79 bits per heavy atom. The van der Waals surface area contributed by atoms with Crippen LogP contribution < -0.4 is 0 Å². The standard InChI is InChI=1S/C29H43N3O/c1-19(17-32-18-20(15-30)16-31-32)24-8-9-25-23-7-6-22-14-29(33,21-4-5-21)13-12-27(22,2)26(23)10-11-28(24,25)3/h16,18-19,21-26,33H,4-14,17H2,1-3H3/t19-,22+,23-,24+,25-,26-,27-,28+,29+/m0/s1. The van der Waals surface area contributed by atoms with Crippen LogP contribution in [-0.2, 0) is 6.54 Å².